The van der Waals surface area contributed by atoms with Gasteiger partial charge >= 0.3 is 0 Å². The number of hydrogen-bond acceptors (Lipinski definition) is 3. The second-order valence-corrected chi connectivity index (χ2v) is 6.02. The quantitative estimate of drug-likeness (QED) is 0.905. The van der Waals surface area contributed by atoms with E-state index in [0.29, 0.717) is 19.7 Å². The van der Waals surface area contributed by atoms with Gasteiger partial charge in [0.1, 0.15) is 11.9 Å². The van der Waals surface area contributed by atoms with E-state index in [2.05, 4.69) is 5.32 Å². The molecule has 0 aliphatic carbocycles. The minimum Gasteiger partial charge on any atom is -0.370 e. The van der Waals surface area contributed by atoms with Crippen LogP contribution in [0.1, 0.15) is 31.4 Å². The molecule has 3 rings (SSSR count). The van der Waals surface area contributed by atoms with Crippen molar-refractivity contribution in [1.29, 1.82) is 0 Å². The number of morpholine rings is 1. The molecule has 0 saturated carbocycles. The number of nitrogens with one attached hydrogen (secondary N) is 1. The van der Waals surface area contributed by atoms with Crippen molar-refractivity contribution in [1.82, 2.24) is 10.2 Å². The number of hydrogen-bond donors (Lipinski definition) is 1. The Morgan fingerprint density at radius 1 is 1.43 bits per heavy atom. The van der Waals surface area contributed by atoms with Crippen molar-refractivity contribution < 1.29 is 13.9 Å². The Kier molecular flexibility index (Phi) is 3.95. The smallest absolute Gasteiger partial charge is 0.242 e. The fourth-order valence-corrected chi connectivity index (χ4v) is 3.14. The van der Waals surface area contributed by atoms with Crippen LogP contribution in [0, 0.1) is 5.82 Å². The zero-order valence-electron chi connectivity index (χ0n) is 12.3. The normalized spacial score (nSPS) is 29.6. The number of halogens is 1. The molecule has 2 aliphatic heterocycles. The monoisotopic (exact) mass is 292 g/mol. The predicted molar refractivity (Wildman–Crippen MR) is 77.3 cm³/mol. The molecule has 0 bridgehead atoms. The molecule has 0 spiro atoms. The highest BCUT2D eigenvalue weighted by Crippen LogP contribution is 2.27. The molecule has 2 fully saturated rings. The Balaban J connectivity index is 1.70. The summed E-state index contributed by atoms with van der Waals surface area (Å²) in [6.45, 7) is 4.54. The third-order valence-electron chi connectivity index (χ3n) is 4.44. The predicted octanol–water partition coefficient (Wildman–Crippen LogP) is 1.87. The lowest BCUT2D eigenvalue weighted by Gasteiger charge is -2.37. The van der Waals surface area contributed by atoms with Crippen LogP contribution < -0.4 is 5.32 Å². The van der Waals surface area contributed by atoms with Crippen molar-refractivity contribution >= 4 is 5.91 Å². The Labute approximate surface area is 124 Å². The van der Waals surface area contributed by atoms with E-state index in [1.807, 2.05) is 11.8 Å². The fraction of sp³-hybridized carbons (Fsp3) is 0.562. The third kappa shape index (κ3) is 2.94. The second-order valence-electron chi connectivity index (χ2n) is 6.02. The average molecular weight is 292 g/mol. The number of nitrogens with zero attached hydrogens (tertiary/aromatic N) is 1. The van der Waals surface area contributed by atoms with E-state index in [-0.39, 0.29) is 17.8 Å². The fourth-order valence-electron chi connectivity index (χ4n) is 3.14. The maximum absolute atomic E-state index is 13.0. The Bertz CT molecular complexity index is 512. The van der Waals surface area contributed by atoms with Gasteiger partial charge in [-0.15, -0.1) is 0 Å². The highest BCUT2D eigenvalue weighted by molar-refractivity contribution is 5.86. The van der Waals surface area contributed by atoms with Crippen LogP contribution in [0.25, 0.3) is 0 Å². The van der Waals surface area contributed by atoms with Crippen LogP contribution >= 0.6 is 0 Å². The first-order chi connectivity index (χ1) is 10.1. The van der Waals surface area contributed by atoms with Crippen molar-refractivity contribution in [3.8, 4) is 0 Å². The molecule has 21 heavy (non-hydrogen) atoms. The largest absolute Gasteiger partial charge is 0.370 e. The van der Waals surface area contributed by atoms with Crippen LogP contribution in [-0.4, -0.2) is 42.6 Å². The summed E-state index contributed by atoms with van der Waals surface area (Å²) in [4.78, 5) is 14.6. The summed E-state index contributed by atoms with van der Waals surface area (Å²) >= 11 is 0. The van der Waals surface area contributed by atoms with E-state index < -0.39 is 5.54 Å². The standard InChI is InChI=1S/C16H21FN2O2/c1-16(7-2-8-18-16)15(20)19-9-10-21-14(11-19)12-3-5-13(17)6-4-12/h3-6,14,18H,2,7-11H2,1H3. The van der Waals surface area contributed by atoms with Crippen molar-refractivity contribution in [2.45, 2.75) is 31.4 Å². The van der Waals surface area contributed by atoms with Gasteiger partial charge in [-0.25, -0.2) is 4.39 Å². The average Bonchev–Trinajstić information content (AvgIpc) is 2.95. The molecule has 2 unspecified atom stereocenters. The number of rotatable bonds is 2. The highest BCUT2D eigenvalue weighted by atomic mass is 19.1. The van der Waals surface area contributed by atoms with Gasteiger partial charge in [0, 0.05) is 6.54 Å². The zero-order valence-corrected chi connectivity index (χ0v) is 12.3. The van der Waals surface area contributed by atoms with Gasteiger partial charge in [-0.05, 0) is 44.0 Å². The first kappa shape index (κ1) is 14.5. The second kappa shape index (κ2) is 5.73. The molecule has 5 heteroatoms. The van der Waals surface area contributed by atoms with E-state index in [4.69, 9.17) is 4.74 Å². The minimum atomic E-state index is -0.440. The molecule has 2 atom stereocenters. The summed E-state index contributed by atoms with van der Waals surface area (Å²) in [5, 5.41) is 3.31. The lowest BCUT2D eigenvalue weighted by molar-refractivity contribution is -0.145. The van der Waals surface area contributed by atoms with E-state index in [1.165, 1.54) is 12.1 Å². The van der Waals surface area contributed by atoms with Crippen LogP contribution in [0.5, 0.6) is 0 Å². The summed E-state index contributed by atoms with van der Waals surface area (Å²) in [6, 6.07) is 6.31. The lowest BCUT2D eigenvalue weighted by Crippen LogP contribution is -2.55. The number of ether oxygens (including phenoxy) is 1. The molecule has 2 aliphatic rings. The van der Waals surface area contributed by atoms with Crippen LogP contribution in [0.2, 0.25) is 0 Å². The topological polar surface area (TPSA) is 41.6 Å². The van der Waals surface area contributed by atoms with Crippen LogP contribution in [0.15, 0.2) is 24.3 Å². The summed E-state index contributed by atoms with van der Waals surface area (Å²) in [7, 11) is 0. The van der Waals surface area contributed by atoms with Gasteiger partial charge in [0.2, 0.25) is 5.91 Å². The van der Waals surface area contributed by atoms with Gasteiger partial charge in [0.15, 0.2) is 0 Å². The van der Waals surface area contributed by atoms with E-state index in [1.54, 1.807) is 12.1 Å². The Hall–Kier alpha value is -1.46. The SMILES string of the molecule is CC1(C(=O)N2CCOC(c3ccc(F)cc3)C2)CCCN1. The van der Waals surface area contributed by atoms with Crippen LogP contribution in [-0.2, 0) is 9.53 Å². The maximum Gasteiger partial charge on any atom is 0.242 e. The molecule has 0 radical (unpaired) electrons. The van der Waals surface area contributed by atoms with Crippen LogP contribution in [0.4, 0.5) is 4.39 Å². The molecular formula is C16H21FN2O2. The molecule has 114 valence electrons. The van der Waals surface area contributed by atoms with Gasteiger partial charge in [-0.3, -0.25) is 4.79 Å². The van der Waals surface area contributed by atoms with E-state index >= 15 is 0 Å². The maximum atomic E-state index is 13.0. The molecule has 2 saturated heterocycles. The Morgan fingerprint density at radius 2 is 2.19 bits per heavy atom. The number of amides is 1. The molecule has 1 aromatic rings. The molecule has 1 amide bonds. The molecule has 0 aromatic heterocycles. The van der Waals surface area contributed by atoms with Gasteiger partial charge < -0.3 is 15.0 Å². The van der Waals surface area contributed by atoms with Crippen molar-refractivity contribution in [2.24, 2.45) is 0 Å². The summed E-state index contributed by atoms with van der Waals surface area (Å²) in [5.41, 5.74) is 0.475. The summed E-state index contributed by atoms with van der Waals surface area (Å²) in [5.74, 6) is -0.111. The van der Waals surface area contributed by atoms with Crippen molar-refractivity contribution in [3.63, 3.8) is 0 Å². The minimum absolute atomic E-state index is 0.149. The van der Waals surface area contributed by atoms with Crippen molar-refractivity contribution in [3.05, 3.63) is 35.6 Å². The van der Waals surface area contributed by atoms with Crippen LogP contribution in [0.3, 0.4) is 0 Å². The van der Waals surface area contributed by atoms with Gasteiger partial charge in [-0.1, -0.05) is 12.1 Å². The van der Waals surface area contributed by atoms with Gasteiger partial charge in [-0.2, -0.15) is 0 Å². The summed E-state index contributed by atoms with van der Waals surface area (Å²) in [6.07, 6.45) is 1.74. The Morgan fingerprint density at radius 3 is 2.86 bits per heavy atom. The first-order valence-corrected chi connectivity index (χ1v) is 7.50. The van der Waals surface area contributed by atoms with Crippen molar-refractivity contribution in [2.75, 3.05) is 26.2 Å². The first-order valence-electron chi connectivity index (χ1n) is 7.50. The molecular weight excluding hydrogens is 271 g/mol. The van der Waals surface area contributed by atoms with E-state index in [9.17, 15) is 9.18 Å². The number of carbonyl (C=O) groups is 1. The number of carbonyl (C=O) groups excluding carboxylic acids is 1. The number of benzene rings is 1. The molecule has 1 N–H and O–H groups in total. The molecule has 1 aromatic carbocycles. The summed E-state index contributed by atoms with van der Waals surface area (Å²) < 4.78 is 18.7. The molecule has 4 nitrogen and oxygen atoms in total. The molecule has 2 heterocycles. The zero-order chi connectivity index (χ0) is 14.9. The lowest BCUT2D eigenvalue weighted by atomic mass is 9.97. The van der Waals surface area contributed by atoms with Gasteiger partial charge in [0.05, 0.1) is 18.7 Å². The third-order valence-corrected chi connectivity index (χ3v) is 4.44. The van der Waals surface area contributed by atoms with E-state index in [0.717, 1.165) is 24.9 Å². The highest BCUT2D eigenvalue weighted by Gasteiger charge is 2.40. The van der Waals surface area contributed by atoms with Gasteiger partial charge in [0.25, 0.3) is 0 Å².